The summed E-state index contributed by atoms with van der Waals surface area (Å²) in [5.74, 6) is 2.98. The molecule has 4 aliphatic carbocycles. The zero-order valence-corrected chi connectivity index (χ0v) is 32.4. The van der Waals surface area contributed by atoms with E-state index in [-0.39, 0.29) is 17.3 Å². The van der Waals surface area contributed by atoms with Crippen molar-refractivity contribution < 1.29 is 19.7 Å². The van der Waals surface area contributed by atoms with Gasteiger partial charge < -0.3 is 14.9 Å². The van der Waals surface area contributed by atoms with Crippen LogP contribution in [0.15, 0.2) is 23.8 Å². The van der Waals surface area contributed by atoms with Crippen LogP contribution >= 0.6 is 0 Å². The van der Waals surface area contributed by atoms with Crippen molar-refractivity contribution in [3.05, 3.63) is 23.8 Å². The van der Waals surface area contributed by atoms with E-state index < -0.39 is 23.2 Å². The number of hydrogen-bond donors (Lipinski definition) is 2. The van der Waals surface area contributed by atoms with Crippen molar-refractivity contribution in [2.24, 2.45) is 46.3 Å². The minimum Gasteiger partial charge on any atom is -0.455 e. The number of esters is 1. The normalized spacial score (nSPS) is 36.0. The van der Waals surface area contributed by atoms with Crippen molar-refractivity contribution in [2.75, 3.05) is 0 Å². The lowest BCUT2D eigenvalue weighted by molar-refractivity contribution is -0.222. The van der Waals surface area contributed by atoms with Crippen LogP contribution in [0.5, 0.6) is 0 Å². The van der Waals surface area contributed by atoms with Crippen LogP contribution in [0.3, 0.4) is 0 Å². The van der Waals surface area contributed by atoms with Gasteiger partial charge in [-0.1, -0.05) is 143 Å². The van der Waals surface area contributed by atoms with E-state index in [2.05, 4.69) is 66.7 Å². The van der Waals surface area contributed by atoms with E-state index in [9.17, 15) is 15.0 Å². The molecule has 4 rings (SSSR count). The van der Waals surface area contributed by atoms with E-state index in [1.54, 1.807) is 0 Å². The summed E-state index contributed by atoms with van der Waals surface area (Å²) in [4.78, 5) is 13.3. The van der Waals surface area contributed by atoms with Crippen LogP contribution in [-0.2, 0) is 9.53 Å². The first-order valence-corrected chi connectivity index (χ1v) is 20.9. The third-order valence-corrected chi connectivity index (χ3v) is 14.4. The second-order valence-corrected chi connectivity index (χ2v) is 18.0. The topological polar surface area (TPSA) is 66.8 Å². The molecule has 0 spiro atoms. The Morgan fingerprint density at radius 1 is 0.833 bits per heavy atom. The summed E-state index contributed by atoms with van der Waals surface area (Å²) in [5, 5.41) is 23.3. The van der Waals surface area contributed by atoms with Crippen molar-refractivity contribution in [3.8, 4) is 0 Å². The molecule has 0 aromatic heterocycles. The molecule has 0 aromatic rings. The summed E-state index contributed by atoms with van der Waals surface area (Å²) in [6.45, 7) is 16.4. The maximum absolute atomic E-state index is 13.3. The van der Waals surface area contributed by atoms with Crippen LogP contribution in [0, 0.1) is 46.3 Å². The second kappa shape index (κ2) is 17.9. The third-order valence-electron chi connectivity index (χ3n) is 14.4. The Morgan fingerprint density at radius 2 is 1.44 bits per heavy atom. The molecule has 48 heavy (non-hydrogen) atoms. The van der Waals surface area contributed by atoms with Crippen molar-refractivity contribution in [1.82, 2.24) is 0 Å². The Morgan fingerprint density at radius 3 is 2.04 bits per heavy atom. The van der Waals surface area contributed by atoms with Gasteiger partial charge in [0.05, 0.1) is 6.10 Å². The molecule has 2 N–H and O–H groups in total. The van der Waals surface area contributed by atoms with Gasteiger partial charge in [-0.15, -0.1) is 0 Å². The lowest BCUT2D eigenvalue weighted by Crippen LogP contribution is -2.66. The van der Waals surface area contributed by atoms with Crippen molar-refractivity contribution in [1.29, 1.82) is 0 Å². The van der Waals surface area contributed by atoms with Crippen LogP contribution in [-0.4, -0.2) is 34.0 Å². The minimum atomic E-state index is -1.22. The fourth-order valence-electron chi connectivity index (χ4n) is 10.8. The molecule has 3 fully saturated rings. The molecule has 0 saturated heterocycles. The molecule has 0 amide bonds. The standard InChI is InChI=1S/C44H76O4/c1-8-9-10-11-12-13-14-15-16-17-18-19-20-21-41(46)48-40-30-36-38-25-24-37(34(5)23-22-33(4)32(2)3)42(38,6)28-27-39(36)43(7)29-26-35(45)31-44(40,43)47/h22-23,30,32-35,37-40,45,47H,8-21,24-29,31H2,1-7H3/b23-22+/t33-,34+,35-,37+,38-,39-,40-,42+,43+,44-/m0/s1. The van der Waals surface area contributed by atoms with Crippen LogP contribution in [0.2, 0.25) is 0 Å². The number of aliphatic hydroxyl groups excluding tert-OH is 1. The average Bonchev–Trinajstić information content (AvgIpc) is 3.40. The Labute approximate surface area is 296 Å². The highest BCUT2D eigenvalue weighted by atomic mass is 16.6. The van der Waals surface area contributed by atoms with E-state index in [4.69, 9.17) is 4.74 Å². The predicted molar refractivity (Wildman–Crippen MR) is 201 cm³/mol. The summed E-state index contributed by atoms with van der Waals surface area (Å²) in [6.07, 6.45) is 29.4. The van der Waals surface area contributed by atoms with Crippen molar-refractivity contribution in [3.63, 3.8) is 0 Å². The molecule has 276 valence electrons. The molecule has 0 aliphatic heterocycles. The van der Waals surface area contributed by atoms with Crippen molar-refractivity contribution in [2.45, 2.75) is 201 Å². The fraction of sp³-hybridized carbons (Fsp3) is 0.886. The van der Waals surface area contributed by atoms with Gasteiger partial charge in [-0.25, -0.2) is 0 Å². The summed E-state index contributed by atoms with van der Waals surface area (Å²) >= 11 is 0. The van der Waals surface area contributed by atoms with Gasteiger partial charge in [0.2, 0.25) is 0 Å². The Balaban J connectivity index is 1.35. The van der Waals surface area contributed by atoms with Gasteiger partial charge in [0.1, 0.15) is 11.7 Å². The highest BCUT2D eigenvalue weighted by Gasteiger charge is 2.66. The first-order chi connectivity index (χ1) is 22.9. The number of aliphatic hydroxyl groups is 2. The number of carbonyl (C=O) groups excluding carboxylic acids is 1. The number of allylic oxidation sites excluding steroid dienone is 3. The number of carbonyl (C=O) groups is 1. The van der Waals surface area contributed by atoms with Gasteiger partial charge in [0, 0.05) is 18.3 Å². The molecule has 10 atom stereocenters. The van der Waals surface area contributed by atoms with E-state index in [0.29, 0.717) is 48.9 Å². The molecule has 0 heterocycles. The summed E-state index contributed by atoms with van der Waals surface area (Å²) in [5.41, 5.74) is 0.0598. The molecule has 3 saturated carbocycles. The second-order valence-electron chi connectivity index (χ2n) is 18.0. The lowest BCUT2D eigenvalue weighted by atomic mass is 9.45. The van der Waals surface area contributed by atoms with Crippen LogP contribution in [0.1, 0.15) is 183 Å². The highest BCUT2D eigenvalue weighted by Crippen LogP contribution is 2.68. The van der Waals surface area contributed by atoms with Gasteiger partial charge in [-0.3, -0.25) is 4.79 Å². The number of fused-ring (bicyclic) bond motifs is 5. The van der Waals surface area contributed by atoms with E-state index in [0.717, 1.165) is 25.7 Å². The molecule has 0 bridgehead atoms. The average molecular weight is 669 g/mol. The summed E-state index contributed by atoms with van der Waals surface area (Å²) < 4.78 is 6.29. The highest BCUT2D eigenvalue weighted by molar-refractivity contribution is 5.70. The lowest BCUT2D eigenvalue weighted by Gasteiger charge is -2.62. The number of hydrogen-bond acceptors (Lipinski definition) is 4. The first-order valence-electron chi connectivity index (χ1n) is 20.9. The quantitative estimate of drug-likeness (QED) is 0.0816. The molecule has 0 aromatic carbocycles. The smallest absolute Gasteiger partial charge is 0.306 e. The van der Waals surface area contributed by atoms with Gasteiger partial charge >= 0.3 is 5.97 Å². The summed E-state index contributed by atoms with van der Waals surface area (Å²) in [6, 6.07) is 0. The largest absolute Gasteiger partial charge is 0.455 e. The SMILES string of the molecule is CCCCCCCCCCCCCCCC(=O)O[C@H]1C=C2[C@@H]3CC[C@H]([C@H](C)/C=C/[C@H](C)C(C)C)[C@@]3(C)CC[C@@H]2[C@@]2(C)CC[C@H](O)C[C@]12O. The van der Waals surface area contributed by atoms with Crippen LogP contribution in [0.4, 0.5) is 0 Å². The first kappa shape index (κ1) is 39.7. The Kier molecular flexibility index (Phi) is 14.8. The maximum Gasteiger partial charge on any atom is 0.306 e. The van der Waals surface area contributed by atoms with Crippen LogP contribution in [0.25, 0.3) is 0 Å². The Hall–Kier alpha value is -1.13. The van der Waals surface area contributed by atoms with E-state index in [1.807, 2.05) is 0 Å². The number of unbranched alkanes of at least 4 members (excludes halogenated alkanes) is 12. The monoisotopic (exact) mass is 669 g/mol. The van der Waals surface area contributed by atoms with Gasteiger partial charge in [-0.05, 0) is 91.9 Å². The number of rotatable bonds is 19. The zero-order valence-electron chi connectivity index (χ0n) is 32.4. The zero-order chi connectivity index (χ0) is 35.0. The van der Waals surface area contributed by atoms with Gasteiger partial charge in [-0.2, -0.15) is 0 Å². The van der Waals surface area contributed by atoms with Gasteiger partial charge in [0.15, 0.2) is 0 Å². The summed E-state index contributed by atoms with van der Waals surface area (Å²) in [7, 11) is 0. The van der Waals surface area contributed by atoms with Crippen molar-refractivity contribution >= 4 is 5.97 Å². The van der Waals surface area contributed by atoms with Crippen LogP contribution < -0.4 is 0 Å². The molecule has 0 radical (unpaired) electrons. The number of ether oxygens (including phenoxy) is 1. The Bertz CT molecular complexity index is 1060. The van der Waals surface area contributed by atoms with E-state index >= 15 is 0 Å². The molecular weight excluding hydrogens is 592 g/mol. The van der Waals surface area contributed by atoms with Gasteiger partial charge in [0.25, 0.3) is 0 Å². The minimum absolute atomic E-state index is 0.185. The molecular formula is C44H76O4. The molecule has 0 unspecified atom stereocenters. The maximum atomic E-state index is 13.3. The third kappa shape index (κ3) is 9.02. The molecule has 4 nitrogen and oxygen atoms in total. The molecule has 4 heteroatoms. The molecule has 4 aliphatic rings. The predicted octanol–water partition coefficient (Wildman–Crippen LogP) is 11.5. The fourth-order valence-corrected chi connectivity index (χ4v) is 10.8. The van der Waals surface area contributed by atoms with E-state index in [1.165, 1.54) is 95.5 Å².